The smallest absolute Gasteiger partial charge is 0.318 e. The van der Waals surface area contributed by atoms with E-state index in [0.29, 0.717) is 39.0 Å². The standard InChI is InChI=1S/C25H33N5O4/c1-19-2-3-23-21(16-19)22(4-10-33-23)26-18-20-17-24(30-8-13-32-14-9-30)28-25(27-20)34-15-7-29-5-11-31-12-6-29/h2-3,16-17H,4-15,18H2,1H3. The summed E-state index contributed by atoms with van der Waals surface area (Å²) in [5.74, 6) is 1.78. The molecular weight excluding hydrogens is 434 g/mol. The summed E-state index contributed by atoms with van der Waals surface area (Å²) in [5.41, 5.74) is 4.19. The van der Waals surface area contributed by atoms with Gasteiger partial charge in [0.1, 0.15) is 18.2 Å². The topological polar surface area (TPSA) is 81.5 Å². The highest BCUT2D eigenvalue weighted by molar-refractivity contribution is 6.03. The van der Waals surface area contributed by atoms with Gasteiger partial charge < -0.3 is 23.8 Å². The fourth-order valence-corrected chi connectivity index (χ4v) is 4.38. The van der Waals surface area contributed by atoms with Crippen LogP contribution in [0.25, 0.3) is 0 Å². The van der Waals surface area contributed by atoms with Gasteiger partial charge in [-0.2, -0.15) is 9.97 Å². The van der Waals surface area contributed by atoms with E-state index in [-0.39, 0.29) is 0 Å². The molecule has 5 rings (SSSR count). The molecule has 0 saturated carbocycles. The second kappa shape index (κ2) is 11.1. The largest absolute Gasteiger partial charge is 0.492 e. The van der Waals surface area contributed by atoms with Gasteiger partial charge in [-0.15, -0.1) is 0 Å². The second-order valence-electron chi connectivity index (χ2n) is 8.76. The molecule has 2 fully saturated rings. The second-order valence-corrected chi connectivity index (χ2v) is 8.76. The SMILES string of the molecule is Cc1ccc2c(c1)C(=NCc1cc(N3CCOCC3)nc(OCCN3CCOCC3)n1)CCO2. The van der Waals surface area contributed by atoms with E-state index in [1.165, 1.54) is 5.56 Å². The van der Waals surface area contributed by atoms with Crippen molar-refractivity contribution >= 4 is 11.5 Å². The average molecular weight is 468 g/mol. The highest BCUT2D eigenvalue weighted by Gasteiger charge is 2.19. The number of morpholine rings is 2. The van der Waals surface area contributed by atoms with Crippen LogP contribution in [0.1, 0.15) is 23.2 Å². The molecule has 34 heavy (non-hydrogen) atoms. The number of ether oxygens (including phenoxy) is 4. The number of rotatable bonds is 7. The van der Waals surface area contributed by atoms with Gasteiger partial charge in [0, 0.05) is 56.5 Å². The van der Waals surface area contributed by atoms with Gasteiger partial charge in [0.25, 0.3) is 0 Å². The third kappa shape index (κ3) is 5.84. The molecule has 3 aliphatic rings. The van der Waals surface area contributed by atoms with Crippen LogP contribution in [0.4, 0.5) is 5.82 Å². The van der Waals surface area contributed by atoms with Crippen LogP contribution in [-0.2, 0) is 16.0 Å². The molecule has 1 aromatic heterocycles. The summed E-state index contributed by atoms with van der Waals surface area (Å²) in [4.78, 5) is 18.9. The first-order valence-electron chi connectivity index (χ1n) is 12.2. The summed E-state index contributed by atoms with van der Waals surface area (Å²) < 4.78 is 22.8. The Morgan fingerprint density at radius 1 is 0.971 bits per heavy atom. The zero-order valence-electron chi connectivity index (χ0n) is 19.9. The van der Waals surface area contributed by atoms with Crippen LogP contribution in [0.15, 0.2) is 29.3 Å². The lowest BCUT2D eigenvalue weighted by Gasteiger charge is -2.28. The lowest BCUT2D eigenvalue weighted by Crippen LogP contribution is -2.39. The predicted molar refractivity (Wildman–Crippen MR) is 129 cm³/mol. The fourth-order valence-electron chi connectivity index (χ4n) is 4.38. The first kappa shape index (κ1) is 23.0. The Morgan fingerprint density at radius 3 is 2.59 bits per heavy atom. The number of hydrogen-bond donors (Lipinski definition) is 0. The van der Waals surface area contributed by atoms with E-state index in [1.807, 2.05) is 12.1 Å². The third-order valence-electron chi connectivity index (χ3n) is 6.30. The molecule has 0 N–H and O–H groups in total. The summed E-state index contributed by atoms with van der Waals surface area (Å²) in [6, 6.07) is 8.69. The van der Waals surface area contributed by atoms with Gasteiger partial charge in [0.15, 0.2) is 0 Å². The number of hydrogen-bond acceptors (Lipinski definition) is 9. The van der Waals surface area contributed by atoms with E-state index < -0.39 is 0 Å². The minimum atomic E-state index is 0.413. The Hall–Kier alpha value is -2.75. The molecule has 0 amide bonds. The summed E-state index contributed by atoms with van der Waals surface area (Å²) in [6.45, 7) is 11.0. The maximum Gasteiger partial charge on any atom is 0.318 e. The third-order valence-corrected chi connectivity index (χ3v) is 6.30. The lowest BCUT2D eigenvalue weighted by atomic mass is 10.0. The molecule has 182 valence electrons. The zero-order valence-corrected chi connectivity index (χ0v) is 19.9. The van der Waals surface area contributed by atoms with Gasteiger partial charge in [-0.3, -0.25) is 9.89 Å². The number of aliphatic imine (C=N–C) groups is 1. The molecule has 0 atom stereocenters. The highest BCUT2D eigenvalue weighted by Crippen LogP contribution is 2.27. The number of nitrogens with zero attached hydrogens (tertiary/aromatic N) is 5. The molecular formula is C25H33N5O4. The molecule has 0 bridgehead atoms. The molecule has 2 aromatic rings. The monoisotopic (exact) mass is 467 g/mol. The van der Waals surface area contributed by atoms with E-state index in [2.05, 4.69) is 28.9 Å². The minimum absolute atomic E-state index is 0.413. The van der Waals surface area contributed by atoms with E-state index in [1.54, 1.807) is 0 Å². The summed E-state index contributed by atoms with van der Waals surface area (Å²) in [7, 11) is 0. The summed E-state index contributed by atoms with van der Waals surface area (Å²) in [6.07, 6.45) is 0.792. The van der Waals surface area contributed by atoms with E-state index in [9.17, 15) is 0 Å². The fraction of sp³-hybridized carbons (Fsp3) is 0.560. The molecule has 9 nitrogen and oxygen atoms in total. The predicted octanol–water partition coefficient (Wildman–Crippen LogP) is 2.10. The summed E-state index contributed by atoms with van der Waals surface area (Å²) in [5, 5.41) is 0. The van der Waals surface area contributed by atoms with Crippen LogP contribution in [0, 0.1) is 6.92 Å². The molecule has 2 saturated heterocycles. The number of fused-ring (bicyclic) bond motifs is 1. The van der Waals surface area contributed by atoms with Crippen molar-refractivity contribution in [2.45, 2.75) is 19.9 Å². The number of anilines is 1. The first-order chi connectivity index (χ1) is 16.7. The molecule has 1 aromatic carbocycles. The van der Waals surface area contributed by atoms with Crippen molar-refractivity contribution in [3.63, 3.8) is 0 Å². The average Bonchev–Trinajstić information content (AvgIpc) is 2.88. The van der Waals surface area contributed by atoms with Crippen molar-refractivity contribution in [1.82, 2.24) is 14.9 Å². The highest BCUT2D eigenvalue weighted by atomic mass is 16.5. The Bertz CT molecular complexity index is 1000. The van der Waals surface area contributed by atoms with Crippen molar-refractivity contribution in [3.8, 4) is 11.8 Å². The van der Waals surface area contributed by atoms with Crippen molar-refractivity contribution in [3.05, 3.63) is 41.1 Å². The number of aryl methyl sites for hydroxylation is 1. The van der Waals surface area contributed by atoms with Crippen molar-refractivity contribution in [1.29, 1.82) is 0 Å². The van der Waals surface area contributed by atoms with Gasteiger partial charge in [-0.1, -0.05) is 11.6 Å². The lowest BCUT2D eigenvalue weighted by molar-refractivity contribution is 0.0317. The van der Waals surface area contributed by atoms with Gasteiger partial charge in [0.2, 0.25) is 0 Å². The molecule has 0 radical (unpaired) electrons. The van der Waals surface area contributed by atoms with Crippen LogP contribution >= 0.6 is 0 Å². The molecule has 0 spiro atoms. The molecule has 0 unspecified atom stereocenters. The van der Waals surface area contributed by atoms with Gasteiger partial charge >= 0.3 is 6.01 Å². The van der Waals surface area contributed by atoms with Gasteiger partial charge in [-0.25, -0.2) is 0 Å². The number of benzene rings is 1. The van der Waals surface area contributed by atoms with Crippen LogP contribution in [0.5, 0.6) is 11.8 Å². The Labute approximate surface area is 200 Å². The van der Waals surface area contributed by atoms with Crippen LogP contribution in [-0.4, -0.2) is 92.9 Å². The van der Waals surface area contributed by atoms with Crippen molar-refractivity contribution in [2.75, 3.05) is 77.3 Å². The Morgan fingerprint density at radius 2 is 1.76 bits per heavy atom. The Kier molecular flexibility index (Phi) is 7.52. The molecule has 9 heteroatoms. The van der Waals surface area contributed by atoms with E-state index in [4.69, 9.17) is 33.9 Å². The van der Waals surface area contributed by atoms with Gasteiger partial charge in [0.05, 0.1) is 45.3 Å². The Balaban J connectivity index is 1.33. The van der Waals surface area contributed by atoms with Crippen LogP contribution < -0.4 is 14.4 Å². The quantitative estimate of drug-likeness (QED) is 0.613. The first-order valence-corrected chi connectivity index (χ1v) is 12.2. The molecule has 3 aliphatic heterocycles. The molecule has 4 heterocycles. The number of aromatic nitrogens is 2. The summed E-state index contributed by atoms with van der Waals surface area (Å²) >= 11 is 0. The van der Waals surface area contributed by atoms with Gasteiger partial charge in [-0.05, 0) is 19.1 Å². The van der Waals surface area contributed by atoms with E-state index in [0.717, 1.165) is 80.9 Å². The minimum Gasteiger partial charge on any atom is -0.492 e. The van der Waals surface area contributed by atoms with Crippen molar-refractivity contribution in [2.24, 2.45) is 4.99 Å². The zero-order chi connectivity index (χ0) is 23.2. The van der Waals surface area contributed by atoms with E-state index >= 15 is 0 Å². The van der Waals surface area contributed by atoms with Crippen LogP contribution in [0.3, 0.4) is 0 Å². The van der Waals surface area contributed by atoms with Crippen molar-refractivity contribution < 1.29 is 18.9 Å². The maximum atomic E-state index is 6.01. The maximum absolute atomic E-state index is 6.01. The van der Waals surface area contributed by atoms with Crippen LogP contribution in [0.2, 0.25) is 0 Å². The molecule has 0 aliphatic carbocycles. The normalized spacial score (nSPS) is 20.1.